The summed E-state index contributed by atoms with van der Waals surface area (Å²) in [5.41, 5.74) is 0.825. The minimum absolute atomic E-state index is 0.125. The zero-order valence-corrected chi connectivity index (χ0v) is 17.0. The van der Waals surface area contributed by atoms with Crippen LogP contribution in [0.2, 0.25) is 5.02 Å². The lowest BCUT2D eigenvalue weighted by Gasteiger charge is -2.28. The zero-order valence-electron chi connectivity index (χ0n) is 15.5. The normalized spacial score (nSPS) is 12.5. The Labute approximate surface area is 168 Å². The highest BCUT2D eigenvalue weighted by molar-refractivity contribution is 7.92. The molecule has 0 fully saturated rings. The summed E-state index contributed by atoms with van der Waals surface area (Å²) in [5, 5.41) is 3.31. The van der Waals surface area contributed by atoms with E-state index in [4.69, 9.17) is 11.6 Å². The van der Waals surface area contributed by atoms with Crippen LogP contribution in [0, 0.1) is 11.6 Å². The molecule has 5 nitrogen and oxygen atoms in total. The Bertz CT molecular complexity index is 954. The Morgan fingerprint density at radius 3 is 2.46 bits per heavy atom. The number of nitrogens with one attached hydrogen (secondary N) is 1. The summed E-state index contributed by atoms with van der Waals surface area (Å²) in [4.78, 5) is 12.4. The predicted octanol–water partition coefficient (Wildman–Crippen LogP) is 3.52. The Morgan fingerprint density at radius 1 is 1.18 bits per heavy atom. The largest absolute Gasteiger partial charge is 0.354 e. The maximum absolute atomic E-state index is 13.5. The zero-order chi connectivity index (χ0) is 20.9. The van der Waals surface area contributed by atoms with Crippen molar-refractivity contribution in [1.29, 1.82) is 0 Å². The molecule has 0 saturated carbocycles. The second-order valence-corrected chi connectivity index (χ2v) is 8.59. The molecule has 0 spiro atoms. The van der Waals surface area contributed by atoms with E-state index in [1.54, 1.807) is 6.07 Å². The summed E-state index contributed by atoms with van der Waals surface area (Å²) in [6.45, 7) is 1.69. The first-order chi connectivity index (χ1) is 13.1. The first-order valence-electron chi connectivity index (χ1n) is 8.57. The van der Waals surface area contributed by atoms with Crippen LogP contribution in [0.25, 0.3) is 0 Å². The lowest BCUT2D eigenvalue weighted by atomic mass is 10.1. The quantitative estimate of drug-likeness (QED) is 0.651. The van der Waals surface area contributed by atoms with Crippen LogP contribution in [-0.4, -0.2) is 33.2 Å². The molecule has 0 radical (unpaired) electrons. The van der Waals surface area contributed by atoms with Gasteiger partial charge < -0.3 is 5.32 Å². The van der Waals surface area contributed by atoms with Gasteiger partial charge in [0.2, 0.25) is 15.9 Å². The van der Waals surface area contributed by atoms with Crippen LogP contribution in [0.5, 0.6) is 0 Å². The predicted molar refractivity (Wildman–Crippen MR) is 106 cm³/mol. The Balaban J connectivity index is 2.03. The second kappa shape index (κ2) is 9.34. The van der Waals surface area contributed by atoms with E-state index in [2.05, 4.69) is 5.32 Å². The van der Waals surface area contributed by atoms with Crippen LogP contribution < -0.4 is 9.62 Å². The Morgan fingerprint density at radius 2 is 1.86 bits per heavy atom. The number of halogens is 3. The molecule has 1 atom stereocenters. The maximum atomic E-state index is 13.5. The number of benzene rings is 2. The van der Waals surface area contributed by atoms with Gasteiger partial charge in [0.1, 0.15) is 6.04 Å². The van der Waals surface area contributed by atoms with E-state index < -0.39 is 33.6 Å². The number of hydrogen-bond acceptors (Lipinski definition) is 3. The average Bonchev–Trinajstić information content (AvgIpc) is 2.62. The summed E-state index contributed by atoms with van der Waals surface area (Å²) in [6.07, 6.45) is 2.15. The molecule has 28 heavy (non-hydrogen) atoms. The van der Waals surface area contributed by atoms with E-state index in [-0.39, 0.29) is 5.69 Å². The number of carbonyl (C=O) groups is 1. The summed E-state index contributed by atoms with van der Waals surface area (Å²) in [7, 11) is -3.91. The third-order valence-corrected chi connectivity index (χ3v) is 5.74. The van der Waals surface area contributed by atoms with Gasteiger partial charge in [-0.15, -0.1) is 0 Å². The van der Waals surface area contributed by atoms with Crippen molar-refractivity contribution in [2.24, 2.45) is 0 Å². The molecule has 0 saturated heterocycles. The minimum Gasteiger partial charge on any atom is -0.354 e. The van der Waals surface area contributed by atoms with Crippen molar-refractivity contribution in [3.63, 3.8) is 0 Å². The molecule has 0 bridgehead atoms. The molecular weight excluding hydrogens is 410 g/mol. The summed E-state index contributed by atoms with van der Waals surface area (Å²) >= 11 is 6.08. The molecule has 0 aliphatic carbocycles. The fourth-order valence-corrected chi connectivity index (χ4v) is 4.17. The first kappa shape index (κ1) is 22.1. The molecule has 9 heteroatoms. The van der Waals surface area contributed by atoms with Crippen molar-refractivity contribution >= 4 is 33.2 Å². The van der Waals surface area contributed by atoms with Gasteiger partial charge in [-0.2, -0.15) is 0 Å². The molecule has 0 aliphatic heterocycles. The molecule has 152 valence electrons. The third kappa shape index (κ3) is 5.65. The van der Waals surface area contributed by atoms with Gasteiger partial charge >= 0.3 is 0 Å². The molecule has 2 rings (SSSR count). The van der Waals surface area contributed by atoms with E-state index in [9.17, 15) is 22.0 Å². The molecule has 0 heterocycles. The van der Waals surface area contributed by atoms with Gasteiger partial charge in [-0.25, -0.2) is 17.2 Å². The third-order valence-electron chi connectivity index (χ3n) is 4.13. The molecule has 0 aliphatic rings. The molecule has 0 unspecified atom stereocenters. The Kier molecular flexibility index (Phi) is 7.37. The van der Waals surface area contributed by atoms with Gasteiger partial charge in [-0.1, -0.05) is 29.8 Å². The molecular formula is C19H21ClF2N2O3S. The van der Waals surface area contributed by atoms with Crippen molar-refractivity contribution in [2.45, 2.75) is 25.8 Å². The van der Waals surface area contributed by atoms with Crippen LogP contribution in [0.15, 0.2) is 42.5 Å². The van der Waals surface area contributed by atoms with Crippen molar-refractivity contribution in [1.82, 2.24) is 5.32 Å². The highest BCUT2D eigenvalue weighted by atomic mass is 35.5. The molecule has 1 amide bonds. The monoisotopic (exact) mass is 430 g/mol. The number of aryl methyl sites for hydroxylation is 1. The number of sulfonamides is 1. The van der Waals surface area contributed by atoms with Gasteiger partial charge in [0, 0.05) is 17.6 Å². The van der Waals surface area contributed by atoms with Gasteiger partial charge in [-0.05, 0) is 43.5 Å². The highest BCUT2D eigenvalue weighted by Crippen LogP contribution is 2.23. The highest BCUT2D eigenvalue weighted by Gasteiger charge is 2.29. The number of rotatable bonds is 8. The van der Waals surface area contributed by atoms with Crippen molar-refractivity contribution < 1.29 is 22.0 Å². The summed E-state index contributed by atoms with van der Waals surface area (Å²) in [6, 6.07) is 8.90. The van der Waals surface area contributed by atoms with Gasteiger partial charge in [0.05, 0.1) is 11.9 Å². The van der Waals surface area contributed by atoms with Crippen LogP contribution in [0.4, 0.5) is 14.5 Å². The molecule has 0 aromatic heterocycles. The van der Waals surface area contributed by atoms with Crippen molar-refractivity contribution in [2.75, 3.05) is 17.1 Å². The van der Waals surface area contributed by atoms with E-state index in [0.29, 0.717) is 24.4 Å². The smallest absolute Gasteiger partial charge is 0.243 e. The van der Waals surface area contributed by atoms with Crippen LogP contribution in [-0.2, 0) is 21.2 Å². The number of anilines is 1. The summed E-state index contributed by atoms with van der Waals surface area (Å²) in [5.74, 6) is -2.85. The maximum Gasteiger partial charge on any atom is 0.243 e. The molecule has 1 N–H and O–H groups in total. The summed E-state index contributed by atoms with van der Waals surface area (Å²) < 4.78 is 51.7. The van der Waals surface area contributed by atoms with Gasteiger partial charge in [0.25, 0.3) is 0 Å². The van der Waals surface area contributed by atoms with E-state index in [1.807, 2.05) is 18.2 Å². The van der Waals surface area contributed by atoms with E-state index in [0.717, 1.165) is 34.3 Å². The van der Waals surface area contributed by atoms with Crippen molar-refractivity contribution in [3.05, 3.63) is 64.7 Å². The number of carbonyl (C=O) groups excluding carboxylic acids is 1. The van der Waals surface area contributed by atoms with E-state index >= 15 is 0 Å². The topological polar surface area (TPSA) is 66.5 Å². The van der Waals surface area contributed by atoms with E-state index in [1.165, 1.54) is 6.92 Å². The fraction of sp³-hybridized carbons (Fsp3) is 0.316. The standard InChI is InChI=1S/C19H21ClF2N2O3S/c1-13(19(25)23-11-5-7-14-6-3-4-8-16(14)20)24(28(2,26)27)15-9-10-17(21)18(22)12-15/h3-4,6,8-10,12-13H,5,7,11H2,1-2H3,(H,23,25)/t13-/m0/s1. The van der Waals surface area contributed by atoms with Crippen LogP contribution in [0.1, 0.15) is 18.9 Å². The lowest BCUT2D eigenvalue weighted by molar-refractivity contribution is -0.121. The van der Waals surface area contributed by atoms with Crippen LogP contribution >= 0.6 is 11.6 Å². The van der Waals surface area contributed by atoms with Crippen molar-refractivity contribution in [3.8, 4) is 0 Å². The number of amides is 1. The number of hydrogen-bond donors (Lipinski definition) is 1. The average molecular weight is 431 g/mol. The SMILES string of the molecule is C[C@@H](C(=O)NCCCc1ccccc1Cl)N(c1ccc(F)c(F)c1)S(C)(=O)=O. The number of nitrogens with zero attached hydrogens (tertiary/aromatic N) is 1. The first-order valence-corrected chi connectivity index (χ1v) is 10.8. The molecule has 2 aromatic rings. The lowest BCUT2D eigenvalue weighted by Crippen LogP contribution is -2.48. The molecule has 2 aromatic carbocycles. The Hall–Kier alpha value is -2.19. The minimum atomic E-state index is -3.91. The van der Waals surface area contributed by atoms with Gasteiger partial charge in [0.15, 0.2) is 11.6 Å². The van der Waals surface area contributed by atoms with Crippen LogP contribution in [0.3, 0.4) is 0 Å². The second-order valence-electron chi connectivity index (χ2n) is 6.32. The fourth-order valence-electron chi connectivity index (χ4n) is 2.77. The van der Waals surface area contributed by atoms with Gasteiger partial charge in [-0.3, -0.25) is 9.10 Å².